The first-order valence-electron chi connectivity index (χ1n) is 4.89. The minimum Gasteiger partial charge on any atom is -0.249 e. The van der Waals surface area contributed by atoms with Crippen molar-refractivity contribution in [1.29, 1.82) is 0 Å². The molecule has 0 spiro atoms. The van der Waals surface area contributed by atoms with Gasteiger partial charge in [-0.25, -0.2) is 5.09 Å². The van der Waals surface area contributed by atoms with Crippen LogP contribution in [-0.4, -0.2) is 0 Å². The van der Waals surface area contributed by atoms with E-state index >= 15 is 0 Å². The van der Waals surface area contributed by atoms with Gasteiger partial charge in [-0.05, 0) is 61.8 Å². The average molecular weight is 418 g/mol. The quantitative estimate of drug-likeness (QED) is 0.500. The van der Waals surface area contributed by atoms with Crippen LogP contribution in [0.5, 0.6) is 0 Å². The Kier molecular flexibility index (Phi) is 5.45. The second kappa shape index (κ2) is 6.21. The van der Waals surface area contributed by atoms with E-state index in [0.717, 1.165) is 5.56 Å². The van der Waals surface area contributed by atoms with Gasteiger partial charge in [0, 0.05) is 6.54 Å². The third-order valence-electron chi connectivity index (χ3n) is 1.99. The Morgan fingerprint density at radius 3 is 2.00 bits per heavy atom. The topological polar surface area (TPSA) is 49.1 Å². The minimum atomic E-state index is -2.96. The maximum Gasteiger partial charge on any atom is 0.257 e. The van der Waals surface area contributed by atoms with Crippen molar-refractivity contribution in [3.05, 3.63) is 35.9 Å². The molecule has 106 valence electrons. The molecular formula is C7H8Cl5N4P3. The zero-order chi connectivity index (χ0) is 14.1. The molecule has 2 rings (SSSR count). The van der Waals surface area contributed by atoms with Crippen molar-refractivity contribution < 1.29 is 0 Å². The molecule has 0 bridgehead atoms. The molecule has 0 amide bonds. The summed E-state index contributed by atoms with van der Waals surface area (Å²) in [4.78, 5) is 0. The van der Waals surface area contributed by atoms with Crippen molar-refractivity contribution in [3.63, 3.8) is 0 Å². The Bertz CT molecular complexity index is 626. The van der Waals surface area contributed by atoms with Gasteiger partial charge in [0.2, 0.25) is 6.71 Å². The molecule has 0 fully saturated rings. The van der Waals surface area contributed by atoms with Crippen LogP contribution in [0.25, 0.3) is 0 Å². The van der Waals surface area contributed by atoms with Crippen LogP contribution in [0.2, 0.25) is 0 Å². The number of rotatable bonds is 3. The molecule has 0 saturated heterocycles. The van der Waals surface area contributed by atoms with E-state index in [9.17, 15) is 0 Å². The molecule has 19 heavy (non-hydrogen) atoms. The second-order valence-electron chi connectivity index (χ2n) is 3.53. The normalized spacial score (nSPS) is 27.8. The number of nitrogens with one attached hydrogen (secondary N) is 1. The van der Waals surface area contributed by atoms with Gasteiger partial charge in [0.15, 0.2) is 0 Å². The molecular weight excluding hydrogens is 410 g/mol. The molecule has 0 aliphatic carbocycles. The van der Waals surface area contributed by atoms with Crippen molar-refractivity contribution in [2.45, 2.75) is 6.54 Å². The number of hydrogen-bond acceptors (Lipinski definition) is 4. The Labute approximate surface area is 135 Å². The van der Waals surface area contributed by atoms with Gasteiger partial charge in [0.25, 0.3) is 11.8 Å². The number of benzene rings is 1. The van der Waals surface area contributed by atoms with Gasteiger partial charge in [-0.15, -0.1) is 0 Å². The summed E-state index contributed by atoms with van der Waals surface area (Å²) in [5, 5.41) is 3.03. The molecule has 1 N–H and O–H groups in total. The first kappa shape index (κ1) is 16.7. The van der Waals surface area contributed by atoms with Crippen molar-refractivity contribution >= 4 is 74.7 Å². The zero-order valence-corrected chi connectivity index (χ0v) is 15.6. The first-order valence-corrected chi connectivity index (χ1v) is 14.5. The van der Waals surface area contributed by atoms with Gasteiger partial charge in [0.05, 0.1) is 0 Å². The van der Waals surface area contributed by atoms with E-state index in [2.05, 4.69) is 18.6 Å². The number of nitrogens with zero attached hydrogens (tertiary/aromatic N) is 3. The standard InChI is InChI=1S/C7H8Cl5N4P3/c8-17(9)14-18(10,11)16-19(12,15-17)13-6-7-4-2-1-3-5-7/h1-5,13H,6H2. The van der Waals surface area contributed by atoms with Gasteiger partial charge in [-0.3, -0.25) is 0 Å². The van der Waals surface area contributed by atoms with Crippen molar-refractivity contribution in [2.24, 2.45) is 13.5 Å². The Balaban J connectivity index is 2.27. The Hall–Kier alpha value is 1.32. The highest BCUT2D eigenvalue weighted by atomic mass is 35.9. The first-order chi connectivity index (χ1) is 8.70. The molecule has 1 atom stereocenters. The van der Waals surface area contributed by atoms with Gasteiger partial charge >= 0.3 is 0 Å². The largest absolute Gasteiger partial charge is 0.257 e. The van der Waals surface area contributed by atoms with Crippen LogP contribution in [-0.2, 0) is 6.54 Å². The van der Waals surface area contributed by atoms with Crippen LogP contribution >= 0.6 is 74.7 Å². The lowest BCUT2D eigenvalue weighted by molar-refractivity contribution is 0.959. The molecule has 1 aromatic rings. The summed E-state index contributed by atoms with van der Waals surface area (Å²) in [7, 11) is 0. The monoisotopic (exact) mass is 416 g/mol. The molecule has 1 aromatic carbocycles. The molecule has 0 aromatic heterocycles. The molecule has 12 heteroatoms. The summed E-state index contributed by atoms with van der Waals surface area (Å²) in [5.41, 5.74) is 1.02. The van der Waals surface area contributed by atoms with E-state index in [-0.39, 0.29) is 0 Å². The fourth-order valence-electron chi connectivity index (χ4n) is 1.32. The van der Waals surface area contributed by atoms with E-state index < -0.39 is 18.5 Å². The van der Waals surface area contributed by atoms with Gasteiger partial charge in [-0.1, -0.05) is 30.3 Å². The maximum absolute atomic E-state index is 6.32. The molecule has 1 aliphatic rings. The maximum atomic E-state index is 6.32. The summed E-state index contributed by atoms with van der Waals surface area (Å²) in [6.45, 7) is -2.36. The van der Waals surface area contributed by atoms with Crippen LogP contribution < -0.4 is 5.09 Å². The van der Waals surface area contributed by atoms with E-state index in [0.29, 0.717) is 6.54 Å². The van der Waals surface area contributed by atoms with E-state index in [1.165, 1.54) is 0 Å². The zero-order valence-electron chi connectivity index (χ0n) is 9.17. The average Bonchev–Trinajstić information content (AvgIpc) is 2.23. The van der Waals surface area contributed by atoms with Crippen LogP contribution in [0.3, 0.4) is 0 Å². The van der Waals surface area contributed by atoms with Crippen LogP contribution in [0.15, 0.2) is 43.9 Å². The summed E-state index contributed by atoms with van der Waals surface area (Å²) in [6, 6.07) is 9.64. The highest BCUT2D eigenvalue weighted by molar-refractivity contribution is 8.22. The van der Waals surface area contributed by atoms with E-state index in [4.69, 9.17) is 56.2 Å². The van der Waals surface area contributed by atoms with E-state index in [1.54, 1.807) is 0 Å². The highest BCUT2D eigenvalue weighted by Gasteiger charge is 2.31. The molecule has 1 heterocycles. The molecule has 4 nitrogen and oxygen atoms in total. The third-order valence-corrected chi connectivity index (χ3v) is 14.3. The minimum absolute atomic E-state index is 0.465. The lowest BCUT2D eigenvalue weighted by Gasteiger charge is -2.22. The van der Waals surface area contributed by atoms with Crippen molar-refractivity contribution in [2.75, 3.05) is 0 Å². The number of halogens is 5. The number of hydrogen-bond donors (Lipinski definition) is 1. The van der Waals surface area contributed by atoms with Crippen LogP contribution in [0.4, 0.5) is 0 Å². The predicted molar refractivity (Wildman–Crippen MR) is 90.6 cm³/mol. The lowest BCUT2D eigenvalue weighted by Crippen LogP contribution is -2.05. The third kappa shape index (κ3) is 5.22. The van der Waals surface area contributed by atoms with Crippen LogP contribution in [0.1, 0.15) is 5.56 Å². The summed E-state index contributed by atoms with van der Waals surface area (Å²) >= 11 is 30.2. The fraction of sp³-hybridized carbons (Fsp3) is 0.143. The SMILES string of the molecule is ClP1(Cl)=NP(Cl)(Cl)=NP(Cl)(NCc2ccccc2)=N1. The summed E-state index contributed by atoms with van der Waals surface area (Å²) < 4.78 is 12.0. The van der Waals surface area contributed by atoms with Gasteiger partial charge in [-0.2, -0.15) is 13.5 Å². The summed E-state index contributed by atoms with van der Waals surface area (Å²) in [5.74, 6) is -5.92. The van der Waals surface area contributed by atoms with Gasteiger partial charge in [0.1, 0.15) is 0 Å². The van der Waals surface area contributed by atoms with Crippen molar-refractivity contribution in [3.8, 4) is 0 Å². The molecule has 1 aliphatic heterocycles. The highest BCUT2D eigenvalue weighted by Crippen LogP contribution is 2.85. The molecule has 0 saturated carbocycles. The predicted octanol–water partition coefficient (Wildman–Crippen LogP) is 7.82. The van der Waals surface area contributed by atoms with E-state index in [1.807, 2.05) is 30.3 Å². The van der Waals surface area contributed by atoms with Gasteiger partial charge < -0.3 is 0 Å². The smallest absolute Gasteiger partial charge is 0.249 e. The Morgan fingerprint density at radius 2 is 1.42 bits per heavy atom. The molecule has 1 unspecified atom stereocenters. The van der Waals surface area contributed by atoms with Crippen molar-refractivity contribution in [1.82, 2.24) is 5.09 Å². The lowest BCUT2D eigenvalue weighted by atomic mass is 10.2. The summed E-state index contributed by atoms with van der Waals surface area (Å²) in [6.07, 6.45) is 0. The fourth-order valence-corrected chi connectivity index (χ4v) is 18.4. The molecule has 0 radical (unpaired) electrons. The Morgan fingerprint density at radius 1 is 0.842 bits per heavy atom. The van der Waals surface area contributed by atoms with Crippen LogP contribution in [0, 0.1) is 0 Å². The second-order valence-corrected chi connectivity index (χ2v) is 17.0.